The number of carbonyl (C=O) groups is 1. The van der Waals surface area contributed by atoms with Crippen LogP contribution in [0.2, 0.25) is 0 Å². The highest BCUT2D eigenvalue weighted by molar-refractivity contribution is 5.76. The van der Waals surface area contributed by atoms with Crippen molar-refractivity contribution in [2.45, 2.75) is 45.6 Å². The quantitative estimate of drug-likeness (QED) is 0.704. The van der Waals surface area contributed by atoms with Crippen molar-refractivity contribution in [3.05, 3.63) is 65.7 Å². The molecular formula is C22H29NO2. The Hall–Kier alpha value is -2.29. The lowest BCUT2D eigenvalue weighted by Gasteiger charge is -2.27. The molecule has 134 valence electrons. The molecule has 25 heavy (non-hydrogen) atoms. The zero-order chi connectivity index (χ0) is 18.1. The molecule has 0 bridgehead atoms. The van der Waals surface area contributed by atoms with Crippen LogP contribution in [-0.4, -0.2) is 13.0 Å². The van der Waals surface area contributed by atoms with Crippen LogP contribution in [-0.2, 0) is 11.2 Å². The van der Waals surface area contributed by atoms with Crippen molar-refractivity contribution in [1.82, 2.24) is 5.32 Å². The first-order chi connectivity index (χ1) is 12.2. The maximum absolute atomic E-state index is 12.5. The molecule has 0 spiro atoms. The Bertz CT molecular complexity index is 633. The van der Waals surface area contributed by atoms with E-state index in [1.54, 1.807) is 7.11 Å². The second-order valence-corrected chi connectivity index (χ2v) is 6.38. The number of benzene rings is 2. The number of amides is 1. The first-order valence-corrected chi connectivity index (χ1v) is 9.15. The van der Waals surface area contributed by atoms with E-state index in [1.807, 2.05) is 30.3 Å². The van der Waals surface area contributed by atoms with E-state index in [0.29, 0.717) is 12.3 Å². The van der Waals surface area contributed by atoms with Gasteiger partial charge in [0, 0.05) is 6.42 Å². The Morgan fingerprint density at radius 3 is 2.20 bits per heavy atom. The molecule has 2 aromatic rings. The van der Waals surface area contributed by atoms with E-state index in [9.17, 15) is 4.79 Å². The monoisotopic (exact) mass is 339 g/mol. The van der Waals surface area contributed by atoms with E-state index in [0.717, 1.165) is 30.6 Å². The van der Waals surface area contributed by atoms with Gasteiger partial charge in [0.25, 0.3) is 0 Å². The molecule has 0 radical (unpaired) electrons. The minimum atomic E-state index is 0.0455. The summed E-state index contributed by atoms with van der Waals surface area (Å²) in [5.41, 5.74) is 2.34. The molecule has 1 amide bonds. The van der Waals surface area contributed by atoms with Gasteiger partial charge in [0.15, 0.2) is 0 Å². The van der Waals surface area contributed by atoms with E-state index in [4.69, 9.17) is 4.74 Å². The molecule has 1 atom stereocenters. The van der Waals surface area contributed by atoms with E-state index >= 15 is 0 Å². The van der Waals surface area contributed by atoms with Crippen molar-refractivity contribution < 1.29 is 9.53 Å². The van der Waals surface area contributed by atoms with Gasteiger partial charge in [-0.05, 0) is 35.6 Å². The van der Waals surface area contributed by atoms with Gasteiger partial charge in [-0.1, -0.05) is 69.2 Å². The number of aryl methyl sites for hydroxylation is 1. The zero-order valence-electron chi connectivity index (χ0n) is 15.5. The summed E-state index contributed by atoms with van der Waals surface area (Å²) in [5.74, 6) is 1.37. The third kappa shape index (κ3) is 5.63. The first-order valence-electron chi connectivity index (χ1n) is 9.15. The summed E-state index contributed by atoms with van der Waals surface area (Å²) in [6.45, 7) is 4.36. The predicted molar refractivity (Wildman–Crippen MR) is 103 cm³/mol. The fraction of sp³-hybridized carbons (Fsp3) is 0.409. The summed E-state index contributed by atoms with van der Waals surface area (Å²) in [6, 6.07) is 18.2. The van der Waals surface area contributed by atoms with Crippen LogP contribution < -0.4 is 10.1 Å². The van der Waals surface area contributed by atoms with Crippen LogP contribution in [0, 0.1) is 5.92 Å². The molecule has 3 nitrogen and oxygen atoms in total. The Morgan fingerprint density at radius 1 is 1.00 bits per heavy atom. The lowest BCUT2D eigenvalue weighted by atomic mass is 9.88. The van der Waals surface area contributed by atoms with E-state index < -0.39 is 0 Å². The average Bonchev–Trinajstić information content (AvgIpc) is 2.67. The van der Waals surface area contributed by atoms with E-state index in [-0.39, 0.29) is 11.9 Å². The number of hydrogen-bond acceptors (Lipinski definition) is 2. The Morgan fingerprint density at radius 2 is 1.64 bits per heavy atom. The largest absolute Gasteiger partial charge is 0.497 e. The van der Waals surface area contributed by atoms with Crippen LogP contribution >= 0.6 is 0 Å². The van der Waals surface area contributed by atoms with Crippen LogP contribution in [0.3, 0.4) is 0 Å². The molecule has 0 saturated heterocycles. The number of rotatable bonds is 9. The maximum Gasteiger partial charge on any atom is 0.220 e. The molecule has 0 aliphatic carbocycles. The molecule has 0 aliphatic rings. The van der Waals surface area contributed by atoms with Crippen molar-refractivity contribution in [2.75, 3.05) is 7.11 Å². The van der Waals surface area contributed by atoms with E-state index in [2.05, 4.69) is 43.4 Å². The molecule has 1 unspecified atom stereocenters. The highest BCUT2D eigenvalue weighted by Crippen LogP contribution is 2.28. The molecule has 1 N–H and O–H groups in total. The van der Waals surface area contributed by atoms with Gasteiger partial charge in [0.2, 0.25) is 5.91 Å². The number of ether oxygens (including phenoxy) is 1. The predicted octanol–water partition coefficient (Wildman–Crippen LogP) is 4.92. The van der Waals surface area contributed by atoms with Crippen LogP contribution in [0.5, 0.6) is 5.75 Å². The molecular weight excluding hydrogens is 310 g/mol. The standard InChI is InChI=1S/C22H29NO2/c1-4-18(5-2)22(19-12-14-20(25-3)15-13-19)23-21(24)16-11-17-9-7-6-8-10-17/h6-10,12-15,18,22H,4-5,11,16H2,1-3H3,(H,23,24). The summed E-state index contributed by atoms with van der Waals surface area (Å²) in [4.78, 5) is 12.5. The summed E-state index contributed by atoms with van der Waals surface area (Å²) in [5, 5.41) is 3.26. The fourth-order valence-corrected chi connectivity index (χ4v) is 3.19. The smallest absolute Gasteiger partial charge is 0.220 e. The lowest BCUT2D eigenvalue weighted by molar-refractivity contribution is -0.122. The van der Waals surface area contributed by atoms with Crippen LogP contribution in [0.4, 0.5) is 0 Å². The summed E-state index contributed by atoms with van der Waals surface area (Å²) in [6.07, 6.45) is 3.35. The van der Waals surface area contributed by atoms with Crippen molar-refractivity contribution in [2.24, 2.45) is 5.92 Å². The number of nitrogens with one attached hydrogen (secondary N) is 1. The van der Waals surface area contributed by atoms with Gasteiger partial charge >= 0.3 is 0 Å². The number of methoxy groups -OCH3 is 1. The molecule has 0 fully saturated rings. The van der Waals surface area contributed by atoms with Crippen molar-refractivity contribution in [3.63, 3.8) is 0 Å². The second-order valence-electron chi connectivity index (χ2n) is 6.38. The van der Waals surface area contributed by atoms with Gasteiger partial charge in [-0.2, -0.15) is 0 Å². The summed E-state index contributed by atoms with van der Waals surface area (Å²) < 4.78 is 5.24. The Balaban J connectivity index is 2.05. The van der Waals surface area contributed by atoms with Crippen molar-refractivity contribution in [1.29, 1.82) is 0 Å². The molecule has 0 heterocycles. The molecule has 0 aromatic heterocycles. The maximum atomic E-state index is 12.5. The number of hydrogen-bond donors (Lipinski definition) is 1. The summed E-state index contributed by atoms with van der Waals surface area (Å²) in [7, 11) is 1.67. The molecule has 2 rings (SSSR count). The minimum Gasteiger partial charge on any atom is -0.497 e. The van der Waals surface area contributed by atoms with Crippen LogP contribution in [0.15, 0.2) is 54.6 Å². The zero-order valence-corrected chi connectivity index (χ0v) is 15.5. The van der Waals surface area contributed by atoms with E-state index in [1.165, 1.54) is 5.56 Å². The topological polar surface area (TPSA) is 38.3 Å². The van der Waals surface area contributed by atoms with Crippen LogP contribution in [0.25, 0.3) is 0 Å². The molecule has 3 heteroatoms. The lowest BCUT2D eigenvalue weighted by Crippen LogP contribution is -2.33. The Labute approximate surface area is 151 Å². The highest BCUT2D eigenvalue weighted by atomic mass is 16.5. The Kier molecular flexibility index (Phi) is 7.52. The average molecular weight is 339 g/mol. The third-order valence-corrected chi connectivity index (χ3v) is 4.80. The van der Waals surface area contributed by atoms with Gasteiger partial charge in [-0.3, -0.25) is 4.79 Å². The molecule has 2 aromatic carbocycles. The van der Waals surface area contributed by atoms with Crippen LogP contribution in [0.1, 0.15) is 50.3 Å². The normalized spacial score (nSPS) is 12.0. The SMILES string of the molecule is CCC(CC)C(NC(=O)CCc1ccccc1)c1ccc(OC)cc1. The highest BCUT2D eigenvalue weighted by Gasteiger charge is 2.22. The van der Waals surface area contributed by atoms with Gasteiger partial charge in [0.1, 0.15) is 5.75 Å². The van der Waals surface area contributed by atoms with Gasteiger partial charge < -0.3 is 10.1 Å². The van der Waals surface area contributed by atoms with Crippen molar-refractivity contribution in [3.8, 4) is 5.75 Å². The first kappa shape index (κ1) is 19.0. The molecule has 0 saturated carbocycles. The fourth-order valence-electron chi connectivity index (χ4n) is 3.19. The van der Waals surface area contributed by atoms with Gasteiger partial charge in [0.05, 0.1) is 13.2 Å². The third-order valence-electron chi connectivity index (χ3n) is 4.80. The van der Waals surface area contributed by atoms with Gasteiger partial charge in [-0.25, -0.2) is 0 Å². The van der Waals surface area contributed by atoms with Crippen molar-refractivity contribution >= 4 is 5.91 Å². The van der Waals surface area contributed by atoms with Gasteiger partial charge in [-0.15, -0.1) is 0 Å². The number of carbonyl (C=O) groups excluding carboxylic acids is 1. The second kappa shape index (κ2) is 9.87. The summed E-state index contributed by atoms with van der Waals surface area (Å²) >= 11 is 0. The molecule has 0 aliphatic heterocycles. The minimum absolute atomic E-state index is 0.0455.